The average molecular weight is 235 g/mol. The lowest BCUT2D eigenvalue weighted by Crippen LogP contribution is -2.31. The molecule has 1 aliphatic rings. The number of hydrogen-bond donors (Lipinski definition) is 1. The van der Waals surface area contributed by atoms with Crippen LogP contribution in [0.15, 0.2) is 12.5 Å². The predicted molar refractivity (Wildman–Crippen MR) is 70.7 cm³/mol. The van der Waals surface area contributed by atoms with E-state index in [1.807, 2.05) is 17.9 Å². The fraction of sp³-hybridized carbons (Fsp3) is 0.786. The molecular formula is C14H25N3. The summed E-state index contributed by atoms with van der Waals surface area (Å²) in [7, 11) is 2.04. The molecule has 1 N–H and O–H groups in total. The second-order valence-electron chi connectivity index (χ2n) is 5.53. The van der Waals surface area contributed by atoms with Crippen LogP contribution in [-0.2, 0) is 7.05 Å². The Labute approximate surface area is 105 Å². The van der Waals surface area contributed by atoms with E-state index in [4.69, 9.17) is 0 Å². The van der Waals surface area contributed by atoms with Crippen LogP contribution in [0, 0.1) is 11.8 Å². The lowest BCUT2D eigenvalue weighted by atomic mass is 9.78. The Kier molecular flexibility index (Phi) is 4.21. The second-order valence-corrected chi connectivity index (χ2v) is 5.53. The van der Waals surface area contributed by atoms with Gasteiger partial charge in [-0.25, -0.2) is 4.98 Å². The quantitative estimate of drug-likeness (QED) is 0.869. The Morgan fingerprint density at radius 2 is 2.35 bits per heavy atom. The fourth-order valence-corrected chi connectivity index (χ4v) is 3.11. The third kappa shape index (κ3) is 3.09. The van der Waals surface area contributed by atoms with Crippen molar-refractivity contribution in [3.05, 3.63) is 18.2 Å². The van der Waals surface area contributed by atoms with E-state index in [1.54, 1.807) is 0 Å². The van der Waals surface area contributed by atoms with E-state index < -0.39 is 0 Å². The Morgan fingerprint density at radius 1 is 1.53 bits per heavy atom. The molecule has 0 aromatic carbocycles. The molecule has 3 heteroatoms. The number of aromatic nitrogens is 2. The standard InChI is InChI=1S/C14H25N3/c1-4-15-14(13-9-17(3)10-16-13)12-7-5-6-11(2)8-12/h9-12,14-15H,4-8H2,1-3H3. The van der Waals surface area contributed by atoms with Crippen molar-refractivity contribution in [2.24, 2.45) is 18.9 Å². The highest BCUT2D eigenvalue weighted by Crippen LogP contribution is 2.36. The molecule has 0 aliphatic heterocycles. The molecule has 17 heavy (non-hydrogen) atoms. The molecule has 0 bridgehead atoms. The molecule has 1 saturated carbocycles. The molecule has 3 unspecified atom stereocenters. The summed E-state index contributed by atoms with van der Waals surface area (Å²) in [4.78, 5) is 4.54. The molecule has 1 fully saturated rings. The van der Waals surface area contributed by atoms with E-state index in [0.717, 1.165) is 18.4 Å². The van der Waals surface area contributed by atoms with Crippen LogP contribution in [0.2, 0.25) is 0 Å². The summed E-state index contributed by atoms with van der Waals surface area (Å²) in [6.07, 6.45) is 9.53. The maximum absolute atomic E-state index is 4.54. The highest BCUT2D eigenvalue weighted by Gasteiger charge is 2.28. The fourth-order valence-electron chi connectivity index (χ4n) is 3.11. The van der Waals surface area contributed by atoms with Gasteiger partial charge in [0.25, 0.3) is 0 Å². The summed E-state index contributed by atoms with van der Waals surface area (Å²) in [5.41, 5.74) is 1.22. The molecule has 96 valence electrons. The van der Waals surface area contributed by atoms with E-state index in [-0.39, 0.29) is 0 Å². The molecule has 1 aromatic rings. The molecule has 1 aromatic heterocycles. The number of rotatable bonds is 4. The van der Waals surface area contributed by atoms with Crippen LogP contribution in [0.3, 0.4) is 0 Å². The van der Waals surface area contributed by atoms with E-state index in [9.17, 15) is 0 Å². The minimum atomic E-state index is 0.448. The van der Waals surface area contributed by atoms with Gasteiger partial charge >= 0.3 is 0 Å². The molecule has 0 amide bonds. The van der Waals surface area contributed by atoms with Crippen LogP contribution < -0.4 is 5.32 Å². The summed E-state index contributed by atoms with van der Waals surface area (Å²) < 4.78 is 2.05. The van der Waals surface area contributed by atoms with Crippen molar-refractivity contribution in [2.75, 3.05) is 6.54 Å². The van der Waals surface area contributed by atoms with Gasteiger partial charge in [0, 0.05) is 13.2 Å². The van der Waals surface area contributed by atoms with Crippen LogP contribution in [0.4, 0.5) is 0 Å². The van der Waals surface area contributed by atoms with Crippen molar-refractivity contribution >= 4 is 0 Å². The van der Waals surface area contributed by atoms with E-state index >= 15 is 0 Å². The van der Waals surface area contributed by atoms with E-state index in [1.165, 1.54) is 31.4 Å². The largest absolute Gasteiger partial charge is 0.340 e. The van der Waals surface area contributed by atoms with Crippen molar-refractivity contribution in [1.82, 2.24) is 14.9 Å². The average Bonchev–Trinajstić information content (AvgIpc) is 2.72. The first-order valence-corrected chi connectivity index (χ1v) is 6.92. The van der Waals surface area contributed by atoms with Crippen LogP contribution in [-0.4, -0.2) is 16.1 Å². The lowest BCUT2D eigenvalue weighted by molar-refractivity contribution is 0.223. The summed E-state index contributed by atoms with van der Waals surface area (Å²) in [5.74, 6) is 1.63. The molecule has 1 aliphatic carbocycles. The minimum Gasteiger partial charge on any atom is -0.340 e. The Morgan fingerprint density at radius 3 is 2.94 bits per heavy atom. The Hall–Kier alpha value is -0.830. The third-order valence-corrected chi connectivity index (χ3v) is 3.92. The minimum absolute atomic E-state index is 0.448. The lowest BCUT2D eigenvalue weighted by Gasteiger charge is -2.33. The zero-order valence-corrected chi connectivity index (χ0v) is 11.3. The van der Waals surface area contributed by atoms with Gasteiger partial charge in [-0.15, -0.1) is 0 Å². The van der Waals surface area contributed by atoms with Crippen molar-refractivity contribution in [2.45, 2.75) is 45.6 Å². The van der Waals surface area contributed by atoms with Crippen LogP contribution in [0.25, 0.3) is 0 Å². The van der Waals surface area contributed by atoms with E-state index in [2.05, 4.69) is 30.3 Å². The molecular weight excluding hydrogens is 210 g/mol. The first kappa shape index (κ1) is 12.6. The Bertz CT molecular complexity index is 345. The van der Waals surface area contributed by atoms with Gasteiger partial charge in [-0.1, -0.05) is 26.7 Å². The predicted octanol–water partition coefficient (Wildman–Crippen LogP) is 2.90. The smallest absolute Gasteiger partial charge is 0.0947 e. The van der Waals surface area contributed by atoms with Crippen molar-refractivity contribution in [3.63, 3.8) is 0 Å². The maximum atomic E-state index is 4.54. The topological polar surface area (TPSA) is 29.9 Å². The number of nitrogens with zero attached hydrogens (tertiary/aromatic N) is 2. The summed E-state index contributed by atoms with van der Waals surface area (Å²) in [5, 5.41) is 3.63. The summed E-state index contributed by atoms with van der Waals surface area (Å²) in [6, 6.07) is 0.448. The summed E-state index contributed by atoms with van der Waals surface area (Å²) in [6.45, 7) is 5.59. The highest BCUT2D eigenvalue weighted by atomic mass is 15.0. The molecule has 0 saturated heterocycles. The molecule has 0 spiro atoms. The first-order chi connectivity index (χ1) is 8.20. The molecule has 2 rings (SSSR count). The molecule has 0 radical (unpaired) electrons. The molecule has 3 atom stereocenters. The number of nitrogens with one attached hydrogen (secondary N) is 1. The van der Waals surface area contributed by atoms with Crippen LogP contribution >= 0.6 is 0 Å². The van der Waals surface area contributed by atoms with Gasteiger partial charge in [-0.05, 0) is 31.2 Å². The number of hydrogen-bond acceptors (Lipinski definition) is 2. The molecule has 1 heterocycles. The van der Waals surface area contributed by atoms with Gasteiger partial charge in [0.15, 0.2) is 0 Å². The van der Waals surface area contributed by atoms with Crippen molar-refractivity contribution in [3.8, 4) is 0 Å². The SMILES string of the molecule is CCNC(c1cn(C)cn1)C1CCCC(C)C1. The van der Waals surface area contributed by atoms with Crippen molar-refractivity contribution in [1.29, 1.82) is 0 Å². The van der Waals surface area contributed by atoms with Gasteiger partial charge in [0.2, 0.25) is 0 Å². The van der Waals surface area contributed by atoms with Gasteiger partial charge < -0.3 is 9.88 Å². The van der Waals surface area contributed by atoms with Gasteiger partial charge in [-0.3, -0.25) is 0 Å². The van der Waals surface area contributed by atoms with Crippen LogP contribution in [0.1, 0.15) is 51.3 Å². The monoisotopic (exact) mass is 235 g/mol. The summed E-state index contributed by atoms with van der Waals surface area (Å²) >= 11 is 0. The number of imidazole rings is 1. The zero-order chi connectivity index (χ0) is 12.3. The normalized spacial score (nSPS) is 27.0. The third-order valence-electron chi connectivity index (χ3n) is 3.92. The number of aryl methyl sites for hydroxylation is 1. The first-order valence-electron chi connectivity index (χ1n) is 6.92. The van der Waals surface area contributed by atoms with Gasteiger partial charge in [0.05, 0.1) is 18.1 Å². The van der Waals surface area contributed by atoms with Crippen LogP contribution in [0.5, 0.6) is 0 Å². The van der Waals surface area contributed by atoms with Gasteiger partial charge in [0.1, 0.15) is 0 Å². The second kappa shape index (κ2) is 5.67. The van der Waals surface area contributed by atoms with Crippen molar-refractivity contribution < 1.29 is 0 Å². The van der Waals surface area contributed by atoms with Gasteiger partial charge in [-0.2, -0.15) is 0 Å². The Balaban J connectivity index is 2.10. The molecule has 3 nitrogen and oxygen atoms in total. The maximum Gasteiger partial charge on any atom is 0.0947 e. The highest BCUT2D eigenvalue weighted by molar-refractivity contribution is 5.06. The van der Waals surface area contributed by atoms with E-state index in [0.29, 0.717) is 6.04 Å². The zero-order valence-electron chi connectivity index (χ0n) is 11.3.